The maximum atomic E-state index is 11.6. The lowest BCUT2D eigenvalue weighted by Gasteiger charge is -2.32. The second kappa shape index (κ2) is 6.74. The highest BCUT2D eigenvalue weighted by Crippen LogP contribution is 2.38. The molecule has 0 amide bonds. The topological polar surface area (TPSA) is 37.3 Å². The lowest BCUT2D eigenvalue weighted by molar-refractivity contribution is -0.139. The van der Waals surface area contributed by atoms with Gasteiger partial charge < -0.3 is 5.11 Å². The molecule has 3 unspecified atom stereocenters. The smallest absolute Gasteiger partial charge is 0.310 e. The highest BCUT2D eigenvalue weighted by Gasteiger charge is 2.30. The van der Waals surface area contributed by atoms with Crippen LogP contribution < -0.4 is 0 Å². The molecule has 1 aromatic rings. The third-order valence-electron chi connectivity index (χ3n) is 4.63. The van der Waals surface area contributed by atoms with E-state index in [1.54, 1.807) is 0 Å². The maximum Gasteiger partial charge on any atom is 0.310 e. The van der Waals surface area contributed by atoms with Crippen molar-refractivity contribution < 1.29 is 9.90 Å². The number of carboxylic acid groups (broad SMARTS) is 1. The molecule has 2 heteroatoms. The molecule has 19 heavy (non-hydrogen) atoms. The Morgan fingerprint density at radius 2 is 1.84 bits per heavy atom. The Kier molecular flexibility index (Phi) is 5.00. The fraction of sp³-hybridized carbons (Fsp3) is 0.588. The molecule has 104 valence electrons. The average molecular weight is 260 g/mol. The van der Waals surface area contributed by atoms with Crippen LogP contribution in [0.25, 0.3) is 0 Å². The van der Waals surface area contributed by atoms with Gasteiger partial charge in [-0.05, 0) is 23.8 Å². The van der Waals surface area contributed by atoms with E-state index in [9.17, 15) is 9.90 Å². The fourth-order valence-electron chi connectivity index (χ4n) is 3.50. The molecule has 2 rings (SSSR count). The molecule has 0 bridgehead atoms. The minimum Gasteiger partial charge on any atom is -0.481 e. The molecule has 1 aliphatic rings. The lowest BCUT2D eigenvalue weighted by Crippen LogP contribution is -2.24. The number of carbonyl (C=O) groups is 1. The largest absolute Gasteiger partial charge is 0.481 e. The predicted molar refractivity (Wildman–Crippen MR) is 77.2 cm³/mol. The maximum absolute atomic E-state index is 11.6. The first-order chi connectivity index (χ1) is 9.22. The molecule has 3 atom stereocenters. The second-order valence-electron chi connectivity index (χ2n) is 5.75. The van der Waals surface area contributed by atoms with Gasteiger partial charge >= 0.3 is 5.97 Å². The van der Waals surface area contributed by atoms with Crippen LogP contribution in [0.1, 0.15) is 56.9 Å². The molecule has 0 saturated heterocycles. The van der Waals surface area contributed by atoms with Gasteiger partial charge in [0, 0.05) is 0 Å². The van der Waals surface area contributed by atoms with Crippen molar-refractivity contribution in [3.8, 4) is 0 Å². The SMILES string of the molecule is CCC1CCCCC1CC(C(=O)O)c1ccccc1. The quantitative estimate of drug-likeness (QED) is 0.848. The van der Waals surface area contributed by atoms with E-state index in [4.69, 9.17) is 0 Å². The van der Waals surface area contributed by atoms with E-state index in [1.807, 2.05) is 30.3 Å². The number of carboxylic acids is 1. The molecule has 1 fully saturated rings. The zero-order valence-electron chi connectivity index (χ0n) is 11.7. The lowest BCUT2D eigenvalue weighted by atomic mass is 9.73. The third kappa shape index (κ3) is 3.59. The summed E-state index contributed by atoms with van der Waals surface area (Å²) < 4.78 is 0. The summed E-state index contributed by atoms with van der Waals surface area (Å²) in [6, 6.07) is 9.70. The van der Waals surface area contributed by atoms with Crippen LogP contribution in [0.4, 0.5) is 0 Å². The monoisotopic (exact) mass is 260 g/mol. The summed E-state index contributed by atoms with van der Waals surface area (Å²) in [5.74, 6) is 0.296. The van der Waals surface area contributed by atoms with Gasteiger partial charge in [-0.25, -0.2) is 0 Å². The summed E-state index contributed by atoms with van der Waals surface area (Å²) in [5, 5.41) is 9.52. The molecule has 2 nitrogen and oxygen atoms in total. The van der Waals surface area contributed by atoms with Gasteiger partial charge in [0.05, 0.1) is 5.92 Å². The standard InChI is InChI=1S/C17H24O2/c1-2-13-8-6-7-11-15(13)12-16(17(18)19)14-9-4-3-5-10-14/h3-5,9-10,13,15-16H,2,6-8,11-12H2,1H3,(H,18,19). The Bertz CT molecular complexity index is 399. The normalized spacial score (nSPS) is 24.9. The summed E-state index contributed by atoms with van der Waals surface area (Å²) in [6.07, 6.45) is 7.06. The molecular weight excluding hydrogens is 236 g/mol. The Labute approximate surface area is 115 Å². The fourth-order valence-corrected chi connectivity index (χ4v) is 3.50. The Hall–Kier alpha value is -1.31. The van der Waals surface area contributed by atoms with Crippen molar-refractivity contribution >= 4 is 5.97 Å². The molecular formula is C17H24O2. The second-order valence-corrected chi connectivity index (χ2v) is 5.75. The van der Waals surface area contributed by atoms with Gasteiger partial charge in [0.1, 0.15) is 0 Å². The first kappa shape index (κ1) is 14.1. The molecule has 1 N–H and O–H groups in total. The van der Waals surface area contributed by atoms with E-state index in [0.717, 1.165) is 17.9 Å². The van der Waals surface area contributed by atoms with Crippen LogP contribution in [-0.4, -0.2) is 11.1 Å². The number of hydrogen-bond donors (Lipinski definition) is 1. The highest BCUT2D eigenvalue weighted by atomic mass is 16.4. The summed E-state index contributed by atoms with van der Waals surface area (Å²) in [7, 11) is 0. The summed E-state index contributed by atoms with van der Waals surface area (Å²) in [6.45, 7) is 2.24. The number of rotatable bonds is 5. The number of hydrogen-bond acceptors (Lipinski definition) is 1. The van der Waals surface area contributed by atoms with Gasteiger partial charge in [-0.3, -0.25) is 4.79 Å². The minimum atomic E-state index is -0.674. The van der Waals surface area contributed by atoms with Gasteiger partial charge in [-0.15, -0.1) is 0 Å². The van der Waals surface area contributed by atoms with Gasteiger partial charge in [-0.1, -0.05) is 69.4 Å². The van der Waals surface area contributed by atoms with Crippen LogP contribution in [0.2, 0.25) is 0 Å². The van der Waals surface area contributed by atoms with Crippen molar-refractivity contribution in [1.82, 2.24) is 0 Å². The third-order valence-corrected chi connectivity index (χ3v) is 4.63. The zero-order chi connectivity index (χ0) is 13.7. The van der Waals surface area contributed by atoms with Gasteiger partial charge in [-0.2, -0.15) is 0 Å². The van der Waals surface area contributed by atoms with Crippen molar-refractivity contribution in [2.24, 2.45) is 11.8 Å². The van der Waals surface area contributed by atoms with Gasteiger partial charge in [0.2, 0.25) is 0 Å². The molecule has 0 aromatic heterocycles. The molecule has 0 heterocycles. The molecule has 1 aromatic carbocycles. The molecule has 1 saturated carbocycles. The summed E-state index contributed by atoms with van der Waals surface area (Å²) in [4.78, 5) is 11.6. The van der Waals surface area contributed by atoms with Crippen molar-refractivity contribution in [3.63, 3.8) is 0 Å². The molecule has 0 aliphatic heterocycles. The van der Waals surface area contributed by atoms with E-state index in [0.29, 0.717) is 5.92 Å². The van der Waals surface area contributed by atoms with Crippen LogP contribution in [-0.2, 0) is 4.79 Å². The van der Waals surface area contributed by atoms with E-state index in [2.05, 4.69) is 6.92 Å². The highest BCUT2D eigenvalue weighted by molar-refractivity contribution is 5.76. The molecule has 1 aliphatic carbocycles. The summed E-state index contributed by atoms with van der Waals surface area (Å²) >= 11 is 0. The molecule has 0 spiro atoms. The van der Waals surface area contributed by atoms with Crippen LogP contribution in [0.3, 0.4) is 0 Å². The van der Waals surface area contributed by atoms with Crippen molar-refractivity contribution in [2.75, 3.05) is 0 Å². The Morgan fingerprint density at radius 1 is 1.21 bits per heavy atom. The van der Waals surface area contributed by atoms with E-state index in [1.165, 1.54) is 32.1 Å². The van der Waals surface area contributed by atoms with Crippen LogP contribution in [0, 0.1) is 11.8 Å². The van der Waals surface area contributed by atoms with Gasteiger partial charge in [0.15, 0.2) is 0 Å². The minimum absolute atomic E-state index is 0.335. The summed E-state index contributed by atoms with van der Waals surface area (Å²) in [5.41, 5.74) is 0.954. The van der Waals surface area contributed by atoms with Crippen LogP contribution in [0.15, 0.2) is 30.3 Å². The average Bonchev–Trinajstić information content (AvgIpc) is 2.45. The van der Waals surface area contributed by atoms with Gasteiger partial charge in [0.25, 0.3) is 0 Å². The van der Waals surface area contributed by atoms with Crippen LogP contribution >= 0.6 is 0 Å². The first-order valence-corrected chi connectivity index (χ1v) is 7.50. The number of aliphatic carboxylic acids is 1. The van der Waals surface area contributed by atoms with Crippen molar-refractivity contribution in [1.29, 1.82) is 0 Å². The van der Waals surface area contributed by atoms with Crippen molar-refractivity contribution in [2.45, 2.75) is 51.4 Å². The van der Waals surface area contributed by atoms with E-state index < -0.39 is 5.97 Å². The van der Waals surface area contributed by atoms with Crippen LogP contribution in [0.5, 0.6) is 0 Å². The Balaban J connectivity index is 2.10. The molecule has 0 radical (unpaired) electrons. The van der Waals surface area contributed by atoms with Crippen molar-refractivity contribution in [3.05, 3.63) is 35.9 Å². The predicted octanol–water partition coefficient (Wildman–Crippen LogP) is 4.46. The Morgan fingerprint density at radius 3 is 2.42 bits per heavy atom. The number of benzene rings is 1. The van der Waals surface area contributed by atoms with E-state index in [-0.39, 0.29) is 5.92 Å². The zero-order valence-corrected chi connectivity index (χ0v) is 11.7. The first-order valence-electron chi connectivity index (χ1n) is 7.50. The van der Waals surface area contributed by atoms with E-state index >= 15 is 0 Å².